The lowest BCUT2D eigenvalue weighted by Crippen LogP contribution is -2.39. The summed E-state index contributed by atoms with van der Waals surface area (Å²) in [5, 5.41) is 28.7. The van der Waals surface area contributed by atoms with E-state index in [2.05, 4.69) is 5.73 Å². The van der Waals surface area contributed by atoms with Crippen molar-refractivity contribution in [3.05, 3.63) is 71.0 Å². The zero-order valence-electron chi connectivity index (χ0n) is 12.9. The van der Waals surface area contributed by atoms with Crippen molar-refractivity contribution in [2.45, 2.75) is 12.7 Å². The van der Waals surface area contributed by atoms with Gasteiger partial charge in [0.15, 0.2) is 6.29 Å². The van der Waals surface area contributed by atoms with E-state index in [1.54, 1.807) is 24.3 Å². The predicted octanol–water partition coefficient (Wildman–Crippen LogP) is 1.34. The first kappa shape index (κ1) is 17.8. The Morgan fingerprint density at radius 1 is 1.08 bits per heavy atom. The molecule has 126 valence electrons. The number of carboxylic acids is 1. The minimum atomic E-state index is -1.93. The Hall–Kier alpha value is -2.54. The number of quaternary nitrogens is 1. The molecule has 5 nitrogen and oxygen atoms in total. The summed E-state index contributed by atoms with van der Waals surface area (Å²) in [7, 11) is 0. The van der Waals surface area contributed by atoms with Crippen LogP contribution in [0.15, 0.2) is 54.1 Å². The first-order valence-electron chi connectivity index (χ1n) is 7.33. The van der Waals surface area contributed by atoms with E-state index in [4.69, 9.17) is 0 Å². The van der Waals surface area contributed by atoms with Crippen LogP contribution in [0.4, 0.5) is 10.1 Å². The number of halogens is 1. The SMILES string of the molecule is [NH3+]c1ccc(CC(C(=O)O)/C(=C/c2ccc(F)cc2)C(O)O)cc1. The largest absolute Gasteiger partial charge is 0.481 e. The molecule has 2 rings (SSSR count). The number of aliphatic hydroxyl groups is 2. The molecule has 6 N–H and O–H groups in total. The van der Waals surface area contributed by atoms with Crippen LogP contribution < -0.4 is 5.73 Å². The maximum absolute atomic E-state index is 13.0. The second-order valence-electron chi connectivity index (χ2n) is 5.48. The van der Waals surface area contributed by atoms with Gasteiger partial charge in [-0.15, -0.1) is 0 Å². The van der Waals surface area contributed by atoms with Gasteiger partial charge in [0.1, 0.15) is 11.5 Å². The van der Waals surface area contributed by atoms with Crippen molar-refractivity contribution in [2.24, 2.45) is 5.92 Å². The Bertz CT molecular complexity index is 724. The zero-order valence-corrected chi connectivity index (χ0v) is 12.9. The van der Waals surface area contributed by atoms with Crippen LogP contribution in [0, 0.1) is 11.7 Å². The molecule has 2 aromatic carbocycles. The van der Waals surface area contributed by atoms with Crippen LogP contribution in [0.1, 0.15) is 11.1 Å². The molecule has 0 radical (unpaired) electrons. The van der Waals surface area contributed by atoms with E-state index in [1.165, 1.54) is 30.3 Å². The highest BCUT2D eigenvalue weighted by Crippen LogP contribution is 2.23. The van der Waals surface area contributed by atoms with Gasteiger partial charge in [0, 0.05) is 5.57 Å². The number of aliphatic hydroxyl groups excluding tert-OH is 1. The van der Waals surface area contributed by atoms with E-state index in [-0.39, 0.29) is 12.0 Å². The van der Waals surface area contributed by atoms with E-state index in [0.29, 0.717) is 5.56 Å². The Labute approximate surface area is 138 Å². The first-order valence-corrected chi connectivity index (χ1v) is 7.33. The number of carboxylic acid groups (broad SMARTS) is 1. The molecular weight excluding hydrogens is 313 g/mol. The average Bonchev–Trinajstić information content (AvgIpc) is 2.54. The van der Waals surface area contributed by atoms with Crippen molar-refractivity contribution in [2.75, 3.05) is 0 Å². The monoisotopic (exact) mass is 332 g/mol. The van der Waals surface area contributed by atoms with Crippen LogP contribution >= 0.6 is 0 Å². The molecule has 0 aliphatic carbocycles. The van der Waals surface area contributed by atoms with E-state index in [0.717, 1.165) is 11.3 Å². The molecule has 6 heteroatoms. The molecule has 0 saturated heterocycles. The quantitative estimate of drug-likeness (QED) is 0.599. The van der Waals surface area contributed by atoms with Gasteiger partial charge in [-0.3, -0.25) is 4.79 Å². The molecule has 24 heavy (non-hydrogen) atoms. The maximum Gasteiger partial charge on any atom is 0.311 e. The molecule has 0 spiro atoms. The summed E-state index contributed by atoms with van der Waals surface area (Å²) in [6.45, 7) is 0. The van der Waals surface area contributed by atoms with Crippen LogP contribution in [0.3, 0.4) is 0 Å². The Morgan fingerprint density at radius 3 is 2.17 bits per heavy atom. The molecule has 0 heterocycles. The van der Waals surface area contributed by atoms with Crippen molar-refractivity contribution in [1.82, 2.24) is 0 Å². The lowest BCUT2D eigenvalue weighted by Gasteiger charge is -2.18. The minimum absolute atomic E-state index is 0.0622. The number of carbonyl (C=O) groups is 1. The van der Waals surface area contributed by atoms with Gasteiger partial charge in [-0.1, -0.05) is 24.3 Å². The highest BCUT2D eigenvalue weighted by Gasteiger charge is 2.27. The molecule has 0 aromatic heterocycles. The van der Waals surface area contributed by atoms with Gasteiger partial charge in [0.05, 0.1) is 5.92 Å². The molecule has 1 unspecified atom stereocenters. The van der Waals surface area contributed by atoms with Crippen LogP contribution in [0.5, 0.6) is 0 Å². The molecule has 0 aliphatic heterocycles. The molecule has 0 fully saturated rings. The predicted molar refractivity (Wildman–Crippen MR) is 86.4 cm³/mol. The van der Waals surface area contributed by atoms with Crippen molar-refractivity contribution < 1.29 is 30.2 Å². The third kappa shape index (κ3) is 4.73. The van der Waals surface area contributed by atoms with E-state index < -0.39 is 24.0 Å². The average molecular weight is 332 g/mol. The Morgan fingerprint density at radius 2 is 1.67 bits per heavy atom. The second kappa shape index (κ2) is 7.83. The highest BCUT2D eigenvalue weighted by molar-refractivity contribution is 5.77. The molecule has 0 aliphatic rings. The molecule has 0 amide bonds. The van der Waals surface area contributed by atoms with E-state index in [1.807, 2.05) is 0 Å². The Kier molecular flexibility index (Phi) is 5.81. The van der Waals surface area contributed by atoms with Gasteiger partial charge < -0.3 is 21.1 Å². The van der Waals surface area contributed by atoms with Crippen molar-refractivity contribution in [3.8, 4) is 0 Å². The summed E-state index contributed by atoms with van der Waals surface area (Å²) in [5.41, 5.74) is 5.72. The summed E-state index contributed by atoms with van der Waals surface area (Å²) in [5.74, 6) is -2.72. The van der Waals surface area contributed by atoms with Crippen molar-refractivity contribution in [1.29, 1.82) is 0 Å². The minimum Gasteiger partial charge on any atom is -0.481 e. The highest BCUT2D eigenvalue weighted by atomic mass is 19.1. The number of aliphatic carboxylic acids is 1. The smallest absolute Gasteiger partial charge is 0.311 e. The number of rotatable bonds is 6. The summed E-state index contributed by atoms with van der Waals surface area (Å²) in [6, 6.07) is 12.3. The normalized spacial score (nSPS) is 13.1. The van der Waals surface area contributed by atoms with Gasteiger partial charge in [-0.05, 0) is 47.9 Å². The van der Waals surface area contributed by atoms with Crippen molar-refractivity contribution in [3.63, 3.8) is 0 Å². The number of benzene rings is 2. The lowest BCUT2D eigenvalue weighted by atomic mass is 9.90. The molecule has 1 atom stereocenters. The van der Waals surface area contributed by atoms with Gasteiger partial charge in [-0.2, -0.15) is 0 Å². The fourth-order valence-electron chi connectivity index (χ4n) is 2.37. The first-order chi connectivity index (χ1) is 11.4. The third-order valence-electron chi connectivity index (χ3n) is 3.66. The number of hydrogen-bond donors (Lipinski definition) is 4. The second-order valence-corrected chi connectivity index (χ2v) is 5.48. The Balaban J connectivity index is 2.35. The summed E-state index contributed by atoms with van der Waals surface area (Å²) >= 11 is 0. The van der Waals surface area contributed by atoms with E-state index in [9.17, 15) is 24.5 Å². The van der Waals surface area contributed by atoms with Crippen molar-refractivity contribution >= 4 is 17.7 Å². The van der Waals surface area contributed by atoms with Crippen LogP contribution in [-0.2, 0) is 11.2 Å². The molecule has 0 bridgehead atoms. The van der Waals surface area contributed by atoms with Crippen LogP contribution in [-0.4, -0.2) is 27.6 Å². The van der Waals surface area contributed by atoms with Crippen LogP contribution in [0.25, 0.3) is 6.08 Å². The summed E-state index contributed by atoms with van der Waals surface area (Å²) in [4.78, 5) is 11.6. The van der Waals surface area contributed by atoms with Gasteiger partial charge in [-0.25, -0.2) is 4.39 Å². The van der Waals surface area contributed by atoms with Gasteiger partial charge in [0.25, 0.3) is 0 Å². The van der Waals surface area contributed by atoms with Crippen LogP contribution in [0.2, 0.25) is 0 Å². The van der Waals surface area contributed by atoms with Gasteiger partial charge >= 0.3 is 5.97 Å². The zero-order chi connectivity index (χ0) is 17.7. The van der Waals surface area contributed by atoms with Gasteiger partial charge in [0.2, 0.25) is 0 Å². The fourth-order valence-corrected chi connectivity index (χ4v) is 2.37. The topological polar surface area (TPSA) is 105 Å². The van der Waals surface area contributed by atoms with E-state index >= 15 is 0 Å². The lowest BCUT2D eigenvalue weighted by molar-refractivity contribution is -0.254. The molecule has 2 aromatic rings. The maximum atomic E-state index is 13.0. The fraction of sp³-hybridized carbons (Fsp3) is 0.167. The third-order valence-corrected chi connectivity index (χ3v) is 3.66. The standard InChI is InChI=1S/C18H18FNO4/c19-13-5-1-11(2-6-13)9-15(17(21)22)16(18(23)24)10-12-3-7-14(20)8-4-12/h1-9,16-17,21-22H,10,20H2,(H,23,24)/p+1/b15-9-. The summed E-state index contributed by atoms with van der Waals surface area (Å²) < 4.78 is 13.0. The summed E-state index contributed by atoms with van der Waals surface area (Å²) in [6.07, 6.45) is -0.470. The number of hydrogen-bond acceptors (Lipinski definition) is 3. The molecular formula is C18H19FNO4+. The molecule has 0 saturated carbocycles.